The van der Waals surface area contributed by atoms with Gasteiger partial charge in [-0.1, -0.05) is 41.5 Å². The fraction of sp³-hybridized carbons (Fsp3) is 0.833. The molecule has 0 bridgehead atoms. The average Bonchev–Trinajstić information content (AvgIpc) is 1.94. The maximum absolute atomic E-state index is 11.8. The summed E-state index contributed by atoms with van der Waals surface area (Å²) in [7, 11) is 0. The van der Waals surface area contributed by atoms with Crippen molar-refractivity contribution >= 4 is 12.1 Å². The predicted molar refractivity (Wildman–Crippen MR) is 62.7 cm³/mol. The van der Waals surface area contributed by atoms with Crippen LogP contribution in [0.2, 0.25) is 0 Å². The van der Waals surface area contributed by atoms with E-state index >= 15 is 0 Å². The van der Waals surface area contributed by atoms with Crippen LogP contribution in [0, 0.1) is 16.7 Å². The Balaban J connectivity index is 4.83. The van der Waals surface area contributed by atoms with Crippen molar-refractivity contribution < 1.29 is 14.3 Å². The van der Waals surface area contributed by atoms with Gasteiger partial charge in [-0.25, -0.2) is 4.79 Å². The largest absolute Gasteiger partial charge is 0.412 e. The highest BCUT2D eigenvalue weighted by molar-refractivity contribution is 5.85. The van der Waals surface area contributed by atoms with E-state index in [1.807, 2.05) is 41.5 Å². The second-order valence-corrected chi connectivity index (χ2v) is 6.42. The molecule has 0 spiro atoms. The van der Waals surface area contributed by atoms with Crippen molar-refractivity contribution in [3.05, 3.63) is 0 Å². The van der Waals surface area contributed by atoms with Gasteiger partial charge in [0.2, 0.25) is 0 Å². The molecule has 0 aliphatic carbocycles. The summed E-state index contributed by atoms with van der Waals surface area (Å²) in [5.74, 6) is -0.866. The molecule has 0 aromatic carbocycles. The minimum absolute atomic E-state index is 0.00534. The number of ether oxygens (including phenoxy) is 1. The van der Waals surface area contributed by atoms with Gasteiger partial charge in [-0.05, 0) is 17.3 Å². The zero-order chi connectivity index (χ0) is 13.1. The molecule has 0 saturated carbocycles. The van der Waals surface area contributed by atoms with Crippen LogP contribution in [0.3, 0.4) is 0 Å². The molecule has 0 rings (SSSR count). The van der Waals surface area contributed by atoms with E-state index in [9.17, 15) is 9.59 Å². The predicted octanol–water partition coefficient (Wildman–Crippen LogP) is 2.71. The van der Waals surface area contributed by atoms with E-state index in [1.165, 1.54) is 0 Å². The lowest BCUT2D eigenvalue weighted by atomic mass is 9.72. The van der Waals surface area contributed by atoms with E-state index < -0.39 is 12.1 Å². The minimum atomic E-state index is -1.03. The van der Waals surface area contributed by atoms with Crippen molar-refractivity contribution in [1.82, 2.24) is 0 Å². The Morgan fingerprint density at radius 2 is 1.56 bits per heavy atom. The van der Waals surface area contributed by atoms with Crippen molar-refractivity contribution in [2.24, 2.45) is 22.5 Å². The smallest absolute Gasteiger partial charge is 0.376 e. The Morgan fingerprint density at radius 1 is 1.12 bits per heavy atom. The maximum Gasteiger partial charge on any atom is 0.412 e. The van der Waals surface area contributed by atoms with Crippen LogP contribution in [0.15, 0.2) is 0 Å². The van der Waals surface area contributed by atoms with Gasteiger partial charge in [-0.3, -0.25) is 4.79 Å². The van der Waals surface area contributed by atoms with Gasteiger partial charge < -0.3 is 10.5 Å². The molecule has 0 aromatic heterocycles. The van der Waals surface area contributed by atoms with Gasteiger partial charge in [0.25, 0.3) is 0 Å². The monoisotopic (exact) mass is 229 g/mol. The number of rotatable bonds is 2. The van der Waals surface area contributed by atoms with Crippen LogP contribution < -0.4 is 5.73 Å². The first-order valence-electron chi connectivity index (χ1n) is 5.44. The topological polar surface area (TPSA) is 69.4 Å². The summed E-state index contributed by atoms with van der Waals surface area (Å²) in [5, 5.41) is 0. The Bertz CT molecular complexity index is 271. The van der Waals surface area contributed by atoms with Crippen LogP contribution in [-0.4, -0.2) is 12.1 Å². The molecular formula is C12H23NO3. The Labute approximate surface area is 97.5 Å². The Kier molecular flexibility index (Phi) is 4.53. The molecule has 0 saturated heterocycles. The zero-order valence-corrected chi connectivity index (χ0v) is 11.1. The second-order valence-electron chi connectivity index (χ2n) is 6.42. The second kappa shape index (κ2) is 4.85. The van der Waals surface area contributed by atoms with Gasteiger partial charge in [-0.15, -0.1) is 0 Å². The van der Waals surface area contributed by atoms with Crippen LogP contribution in [0.4, 0.5) is 4.79 Å². The highest BCUT2D eigenvalue weighted by atomic mass is 16.6. The molecule has 0 aliphatic rings. The molecule has 1 atom stereocenters. The minimum Gasteiger partial charge on any atom is -0.376 e. The SMILES string of the molecule is CC(C)(C)CC(C(=O)OC(N)=O)C(C)(C)C. The highest BCUT2D eigenvalue weighted by Gasteiger charge is 2.36. The van der Waals surface area contributed by atoms with Gasteiger partial charge in [-0.2, -0.15) is 0 Å². The molecule has 2 N–H and O–H groups in total. The molecule has 0 fully saturated rings. The Morgan fingerprint density at radius 3 is 1.81 bits per heavy atom. The van der Waals surface area contributed by atoms with Crippen molar-refractivity contribution in [1.29, 1.82) is 0 Å². The molecule has 1 unspecified atom stereocenters. The number of carbonyl (C=O) groups is 2. The van der Waals surface area contributed by atoms with Crippen LogP contribution in [0.1, 0.15) is 48.0 Å². The van der Waals surface area contributed by atoms with E-state index in [-0.39, 0.29) is 16.7 Å². The molecule has 0 aliphatic heterocycles. The van der Waals surface area contributed by atoms with Gasteiger partial charge in [0, 0.05) is 0 Å². The van der Waals surface area contributed by atoms with Crippen molar-refractivity contribution in [2.45, 2.75) is 48.0 Å². The van der Waals surface area contributed by atoms with Gasteiger partial charge in [0.05, 0.1) is 5.92 Å². The zero-order valence-electron chi connectivity index (χ0n) is 11.1. The van der Waals surface area contributed by atoms with E-state index in [0.717, 1.165) is 0 Å². The number of esters is 1. The first-order chi connectivity index (χ1) is 6.93. The fourth-order valence-corrected chi connectivity index (χ4v) is 1.53. The van der Waals surface area contributed by atoms with Crippen molar-refractivity contribution in [3.8, 4) is 0 Å². The first kappa shape index (κ1) is 14.9. The summed E-state index contributed by atoms with van der Waals surface area (Å²) >= 11 is 0. The number of amides is 1. The van der Waals surface area contributed by atoms with E-state index in [2.05, 4.69) is 4.74 Å². The molecule has 0 radical (unpaired) electrons. The molecule has 4 nitrogen and oxygen atoms in total. The maximum atomic E-state index is 11.8. The normalized spacial score (nSPS) is 14.4. The van der Waals surface area contributed by atoms with Gasteiger partial charge in [0.15, 0.2) is 0 Å². The van der Waals surface area contributed by atoms with Crippen LogP contribution in [0.5, 0.6) is 0 Å². The average molecular weight is 229 g/mol. The summed E-state index contributed by atoms with van der Waals surface area (Å²) < 4.78 is 4.48. The quantitative estimate of drug-likeness (QED) is 0.584. The highest BCUT2D eigenvalue weighted by Crippen LogP contribution is 2.36. The van der Waals surface area contributed by atoms with Crippen molar-refractivity contribution in [3.63, 3.8) is 0 Å². The molecule has 0 heterocycles. The summed E-state index contributed by atoms with van der Waals surface area (Å²) in [6.07, 6.45) is -0.379. The standard InChI is InChI=1S/C12H23NO3/c1-11(2,3)7-8(12(4,5)6)9(14)16-10(13)15/h8H,7H2,1-6H3,(H2,13,15). The third kappa shape index (κ3) is 5.73. The lowest BCUT2D eigenvalue weighted by molar-refractivity contribution is -0.146. The van der Waals surface area contributed by atoms with Crippen LogP contribution >= 0.6 is 0 Å². The van der Waals surface area contributed by atoms with Crippen LogP contribution in [-0.2, 0) is 9.53 Å². The lowest BCUT2D eigenvalue weighted by Crippen LogP contribution is -2.35. The molecule has 0 aromatic rings. The van der Waals surface area contributed by atoms with Gasteiger partial charge >= 0.3 is 12.1 Å². The van der Waals surface area contributed by atoms with Crippen LogP contribution in [0.25, 0.3) is 0 Å². The summed E-state index contributed by atoms with van der Waals surface area (Å²) in [6.45, 7) is 12.0. The van der Waals surface area contributed by atoms with E-state index in [4.69, 9.17) is 5.73 Å². The molecule has 94 valence electrons. The lowest BCUT2D eigenvalue weighted by Gasteiger charge is -2.33. The number of hydrogen-bond acceptors (Lipinski definition) is 3. The third-order valence-corrected chi connectivity index (χ3v) is 2.35. The summed E-state index contributed by atoms with van der Waals surface area (Å²) in [6, 6.07) is 0. The molecule has 16 heavy (non-hydrogen) atoms. The summed E-state index contributed by atoms with van der Waals surface area (Å²) in [5.41, 5.74) is 4.60. The summed E-state index contributed by atoms with van der Waals surface area (Å²) in [4.78, 5) is 22.3. The Hall–Kier alpha value is -1.06. The van der Waals surface area contributed by atoms with E-state index in [1.54, 1.807) is 0 Å². The van der Waals surface area contributed by atoms with Gasteiger partial charge in [0.1, 0.15) is 0 Å². The third-order valence-electron chi connectivity index (χ3n) is 2.35. The fourth-order valence-electron chi connectivity index (χ4n) is 1.53. The molecular weight excluding hydrogens is 206 g/mol. The molecule has 4 heteroatoms. The number of carbonyl (C=O) groups excluding carboxylic acids is 2. The number of primary amides is 1. The van der Waals surface area contributed by atoms with Crippen molar-refractivity contribution in [2.75, 3.05) is 0 Å². The molecule has 1 amide bonds. The number of hydrogen-bond donors (Lipinski definition) is 1. The first-order valence-corrected chi connectivity index (χ1v) is 5.44. The number of nitrogens with two attached hydrogens (primary N) is 1. The van der Waals surface area contributed by atoms with E-state index in [0.29, 0.717) is 6.42 Å².